The number of rotatable bonds is 9. The van der Waals surface area contributed by atoms with Crippen molar-refractivity contribution in [1.29, 1.82) is 0 Å². The average Bonchev–Trinajstić information content (AvgIpc) is 2.45. The third kappa shape index (κ3) is 15.7. The van der Waals surface area contributed by atoms with Crippen molar-refractivity contribution in [3.63, 3.8) is 0 Å². The van der Waals surface area contributed by atoms with Gasteiger partial charge in [0, 0.05) is 13.3 Å². The molecule has 1 N–H and O–H groups in total. The molecule has 1 atom stereocenters. The molecule has 0 aliphatic rings. The first kappa shape index (κ1) is 22.0. The summed E-state index contributed by atoms with van der Waals surface area (Å²) in [6.07, 6.45) is 3.33. The fraction of sp³-hybridized carbons (Fsp3) is 0.529. The maximum atomic E-state index is 10.8. The van der Waals surface area contributed by atoms with E-state index in [1.165, 1.54) is 6.66 Å². The van der Waals surface area contributed by atoms with Gasteiger partial charge in [0.15, 0.2) is 0 Å². The summed E-state index contributed by atoms with van der Waals surface area (Å²) >= 11 is 0. The SMILES string of the molecule is C=Cc1ccc(COCCCCOP(C)(=O)O)cc1.CN(C)C. The van der Waals surface area contributed by atoms with E-state index in [4.69, 9.17) is 14.2 Å². The topological polar surface area (TPSA) is 59.0 Å². The van der Waals surface area contributed by atoms with Gasteiger partial charge in [0.25, 0.3) is 0 Å². The van der Waals surface area contributed by atoms with E-state index in [-0.39, 0.29) is 0 Å². The standard InChI is InChI=1S/C14H21O4P.C3H9N/c1-3-13-6-8-14(9-7-13)12-17-10-4-5-11-18-19(2,15)16;1-4(2)3/h3,6-9H,1,4-5,10-12H2,2H3,(H,15,16);1-3H3. The zero-order chi connectivity index (χ0) is 17.7. The highest BCUT2D eigenvalue weighted by atomic mass is 31.2. The normalized spacial score (nSPS) is 13.1. The average molecular weight is 343 g/mol. The summed E-state index contributed by atoms with van der Waals surface area (Å²) in [6.45, 7) is 6.38. The minimum atomic E-state index is -3.33. The van der Waals surface area contributed by atoms with Crippen LogP contribution in [0.5, 0.6) is 0 Å². The Hall–Kier alpha value is -0.970. The minimum absolute atomic E-state index is 0.293. The van der Waals surface area contributed by atoms with Crippen molar-refractivity contribution in [2.75, 3.05) is 41.0 Å². The second kappa shape index (κ2) is 12.5. The molecule has 0 bridgehead atoms. The van der Waals surface area contributed by atoms with Crippen LogP contribution in [0.25, 0.3) is 6.08 Å². The molecule has 132 valence electrons. The van der Waals surface area contributed by atoms with E-state index in [0.717, 1.165) is 17.5 Å². The molecule has 0 saturated carbocycles. The molecule has 1 unspecified atom stereocenters. The van der Waals surface area contributed by atoms with Gasteiger partial charge in [0.05, 0.1) is 13.2 Å². The van der Waals surface area contributed by atoms with Gasteiger partial charge < -0.3 is 19.1 Å². The van der Waals surface area contributed by atoms with Crippen molar-refractivity contribution in [3.8, 4) is 0 Å². The van der Waals surface area contributed by atoms with Crippen LogP contribution in [0.3, 0.4) is 0 Å². The molecule has 23 heavy (non-hydrogen) atoms. The Morgan fingerprint density at radius 3 is 2.17 bits per heavy atom. The lowest BCUT2D eigenvalue weighted by molar-refractivity contribution is 0.113. The van der Waals surface area contributed by atoms with Gasteiger partial charge in [-0.2, -0.15) is 0 Å². The van der Waals surface area contributed by atoms with E-state index >= 15 is 0 Å². The highest BCUT2D eigenvalue weighted by molar-refractivity contribution is 7.51. The molecule has 0 spiro atoms. The van der Waals surface area contributed by atoms with Crippen molar-refractivity contribution in [1.82, 2.24) is 4.90 Å². The molecule has 0 radical (unpaired) electrons. The number of hydrogen-bond acceptors (Lipinski definition) is 4. The molecule has 0 fully saturated rings. The van der Waals surface area contributed by atoms with Crippen LogP contribution in [0.1, 0.15) is 24.0 Å². The Kier molecular flexibility index (Phi) is 11.9. The van der Waals surface area contributed by atoms with Gasteiger partial charge in [0.1, 0.15) is 0 Å². The maximum absolute atomic E-state index is 10.8. The van der Waals surface area contributed by atoms with Crippen molar-refractivity contribution in [2.45, 2.75) is 19.4 Å². The second-order valence-corrected chi connectivity index (χ2v) is 7.55. The minimum Gasteiger partial charge on any atom is -0.377 e. The lowest BCUT2D eigenvalue weighted by atomic mass is 10.1. The van der Waals surface area contributed by atoms with Crippen LogP contribution < -0.4 is 0 Å². The zero-order valence-corrected chi connectivity index (χ0v) is 15.6. The van der Waals surface area contributed by atoms with Crippen LogP contribution in [-0.2, 0) is 20.4 Å². The fourth-order valence-corrected chi connectivity index (χ4v) is 1.95. The summed E-state index contributed by atoms with van der Waals surface area (Å²) in [4.78, 5) is 10.9. The quantitative estimate of drug-likeness (QED) is 0.548. The van der Waals surface area contributed by atoms with Gasteiger partial charge in [-0.1, -0.05) is 36.9 Å². The Bertz CT molecular complexity index is 465. The molecule has 0 aliphatic carbocycles. The molecular weight excluding hydrogens is 313 g/mol. The summed E-state index contributed by atoms with van der Waals surface area (Å²) in [7, 11) is 2.67. The molecule has 1 aromatic rings. The molecular formula is C17H30NO4P. The largest absolute Gasteiger partial charge is 0.377 e. The molecule has 0 heterocycles. The smallest absolute Gasteiger partial charge is 0.325 e. The molecule has 1 rings (SSSR count). The van der Waals surface area contributed by atoms with Gasteiger partial charge in [-0.3, -0.25) is 4.57 Å². The number of ether oxygens (including phenoxy) is 1. The molecule has 6 heteroatoms. The van der Waals surface area contributed by atoms with Crippen molar-refractivity contribution < 1.29 is 18.7 Å². The van der Waals surface area contributed by atoms with Crippen molar-refractivity contribution >= 4 is 13.7 Å². The number of unbranched alkanes of at least 4 members (excludes halogenated alkanes) is 1. The van der Waals surface area contributed by atoms with E-state index in [1.54, 1.807) is 6.08 Å². The van der Waals surface area contributed by atoms with Crippen LogP contribution in [0.15, 0.2) is 30.8 Å². The molecule has 0 amide bonds. The second-order valence-electron chi connectivity index (χ2n) is 5.68. The van der Waals surface area contributed by atoms with Crippen molar-refractivity contribution in [2.24, 2.45) is 0 Å². The Morgan fingerprint density at radius 2 is 1.70 bits per heavy atom. The first-order valence-corrected chi connectivity index (χ1v) is 9.62. The summed E-state index contributed by atoms with van der Waals surface area (Å²) in [5.41, 5.74) is 2.21. The predicted octanol–water partition coefficient (Wildman–Crippen LogP) is 3.64. The highest BCUT2D eigenvalue weighted by Gasteiger charge is 2.08. The van der Waals surface area contributed by atoms with E-state index in [9.17, 15) is 4.57 Å². The molecule has 0 saturated heterocycles. The van der Waals surface area contributed by atoms with Crippen LogP contribution in [0.4, 0.5) is 0 Å². The summed E-state index contributed by atoms with van der Waals surface area (Å²) in [5, 5.41) is 0. The van der Waals surface area contributed by atoms with Crippen LogP contribution in [-0.4, -0.2) is 50.8 Å². The molecule has 0 aliphatic heterocycles. The van der Waals surface area contributed by atoms with Gasteiger partial charge in [-0.05, 0) is 45.1 Å². The Balaban J connectivity index is 0.00000108. The van der Waals surface area contributed by atoms with E-state index in [2.05, 4.69) is 6.58 Å². The number of benzene rings is 1. The predicted molar refractivity (Wildman–Crippen MR) is 96.7 cm³/mol. The summed E-state index contributed by atoms with van der Waals surface area (Å²) in [5.74, 6) is 0. The highest BCUT2D eigenvalue weighted by Crippen LogP contribution is 2.36. The number of nitrogens with zero attached hydrogens (tertiary/aromatic N) is 1. The number of hydrogen-bond donors (Lipinski definition) is 1. The van der Waals surface area contributed by atoms with Gasteiger partial charge in [-0.15, -0.1) is 0 Å². The van der Waals surface area contributed by atoms with E-state index in [1.807, 2.05) is 50.3 Å². The molecule has 0 aromatic heterocycles. The van der Waals surface area contributed by atoms with Crippen molar-refractivity contribution in [3.05, 3.63) is 42.0 Å². The first-order valence-electron chi connectivity index (χ1n) is 7.59. The maximum Gasteiger partial charge on any atom is 0.325 e. The zero-order valence-electron chi connectivity index (χ0n) is 14.7. The van der Waals surface area contributed by atoms with Gasteiger partial charge in [-0.25, -0.2) is 0 Å². The van der Waals surface area contributed by atoms with Crippen LogP contribution in [0.2, 0.25) is 0 Å². The van der Waals surface area contributed by atoms with Crippen LogP contribution >= 0.6 is 7.60 Å². The monoisotopic (exact) mass is 343 g/mol. The van der Waals surface area contributed by atoms with E-state index < -0.39 is 7.60 Å². The first-order chi connectivity index (χ1) is 10.7. The third-order valence-electron chi connectivity index (χ3n) is 2.50. The van der Waals surface area contributed by atoms with Gasteiger partial charge in [0.2, 0.25) is 0 Å². The lowest BCUT2D eigenvalue weighted by Gasteiger charge is -2.07. The summed E-state index contributed by atoms with van der Waals surface area (Å²) < 4.78 is 21.1. The Morgan fingerprint density at radius 1 is 1.17 bits per heavy atom. The summed E-state index contributed by atoms with van der Waals surface area (Å²) in [6, 6.07) is 8.03. The van der Waals surface area contributed by atoms with Gasteiger partial charge >= 0.3 is 7.60 Å². The molecule has 1 aromatic carbocycles. The molecule has 5 nitrogen and oxygen atoms in total. The Labute approximate surface area is 140 Å². The third-order valence-corrected chi connectivity index (χ3v) is 3.16. The van der Waals surface area contributed by atoms with E-state index in [0.29, 0.717) is 26.2 Å². The lowest BCUT2D eigenvalue weighted by Crippen LogP contribution is -1.99. The fourth-order valence-electron chi connectivity index (χ4n) is 1.48. The van der Waals surface area contributed by atoms with Crippen LogP contribution in [0, 0.1) is 0 Å².